The van der Waals surface area contributed by atoms with Gasteiger partial charge in [-0.3, -0.25) is 10.8 Å². The van der Waals surface area contributed by atoms with Gasteiger partial charge in [0.25, 0.3) is 0 Å². The number of nitrogens with zero attached hydrogens (tertiary/aromatic N) is 5. The van der Waals surface area contributed by atoms with E-state index in [4.69, 9.17) is 19.9 Å². The van der Waals surface area contributed by atoms with E-state index in [9.17, 15) is 5.41 Å². The molecule has 7 nitrogen and oxygen atoms in total. The van der Waals surface area contributed by atoms with Crippen LogP contribution in [0.25, 0.3) is 73.5 Å². The number of anilines is 1. The van der Waals surface area contributed by atoms with E-state index in [0.717, 1.165) is 66.8 Å². The molecule has 0 spiro atoms. The second kappa shape index (κ2) is 13.7. The van der Waals surface area contributed by atoms with Crippen LogP contribution >= 0.6 is 0 Å². The zero-order chi connectivity index (χ0) is 35.6. The zero-order valence-electron chi connectivity index (χ0n) is 28.5. The molecule has 7 heteroatoms. The Morgan fingerprint density at radius 3 is 1.55 bits per heavy atom. The van der Waals surface area contributed by atoms with Gasteiger partial charge >= 0.3 is 0 Å². The molecule has 0 unspecified atom stereocenters. The van der Waals surface area contributed by atoms with Gasteiger partial charge in [-0.25, -0.2) is 19.9 Å². The number of rotatable bonds is 7. The number of nitrogens with one attached hydrogen (secondary N) is 2. The Morgan fingerprint density at radius 1 is 0.453 bits per heavy atom. The number of hydrogen-bond donors (Lipinski definition) is 2. The molecule has 0 saturated heterocycles. The van der Waals surface area contributed by atoms with E-state index in [1.807, 2.05) is 146 Å². The topological polar surface area (TPSA) is 99.8 Å². The molecule has 0 bridgehead atoms. The van der Waals surface area contributed by atoms with Crippen molar-refractivity contribution in [1.82, 2.24) is 19.9 Å². The van der Waals surface area contributed by atoms with Gasteiger partial charge in [0.1, 0.15) is 5.71 Å². The van der Waals surface area contributed by atoms with E-state index in [2.05, 4.69) is 40.9 Å². The molecule has 0 amide bonds. The fourth-order valence-electron chi connectivity index (χ4n) is 6.62. The maximum atomic E-state index is 9.42. The van der Waals surface area contributed by atoms with E-state index >= 15 is 0 Å². The number of benzene rings is 6. The highest BCUT2D eigenvalue weighted by atomic mass is 15.3. The molecule has 0 saturated carbocycles. The summed E-state index contributed by atoms with van der Waals surface area (Å²) in [5, 5.41) is 14.9. The van der Waals surface area contributed by atoms with Gasteiger partial charge in [0.2, 0.25) is 0 Å². The highest BCUT2D eigenvalue weighted by Crippen LogP contribution is 2.38. The maximum absolute atomic E-state index is 9.42. The van der Waals surface area contributed by atoms with E-state index < -0.39 is 0 Å². The molecule has 1 aliphatic carbocycles. The summed E-state index contributed by atoms with van der Waals surface area (Å²) in [6.07, 6.45) is 3.91. The first kappa shape index (κ1) is 31.6. The zero-order valence-corrected chi connectivity index (χ0v) is 28.5. The molecule has 6 aromatic carbocycles. The van der Waals surface area contributed by atoms with Crippen LogP contribution < -0.4 is 5.43 Å². The Balaban J connectivity index is 1.15. The second-order valence-corrected chi connectivity index (χ2v) is 12.6. The third-order valence-corrected chi connectivity index (χ3v) is 9.25. The van der Waals surface area contributed by atoms with Crippen molar-refractivity contribution in [1.29, 1.82) is 5.41 Å². The van der Waals surface area contributed by atoms with Crippen molar-refractivity contribution in [3.8, 4) is 56.5 Å². The first-order chi connectivity index (χ1) is 26.2. The van der Waals surface area contributed by atoms with Gasteiger partial charge in [-0.2, -0.15) is 5.10 Å². The molecule has 2 heterocycles. The van der Waals surface area contributed by atoms with Gasteiger partial charge < -0.3 is 0 Å². The minimum absolute atomic E-state index is 0.335. The van der Waals surface area contributed by atoms with E-state index in [1.165, 1.54) is 0 Å². The molecule has 0 atom stereocenters. The highest BCUT2D eigenvalue weighted by molar-refractivity contribution is 6.55. The number of para-hydroxylation sites is 2. The van der Waals surface area contributed by atoms with E-state index in [0.29, 0.717) is 28.9 Å². The Labute approximate surface area is 306 Å². The number of fused-ring (bicyclic) bond motifs is 3. The van der Waals surface area contributed by atoms with Crippen LogP contribution in [0.15, 0.2) is 175 Å². The number of pyridine rings is 1. The fraction of sp³-hybridized carbons (Fsp3) is 0. The van der Waals surface area contributed by atoms with Crippen molar-refractivity contribution in [3.63, 3.8) is 0 Å². The number of hydrogen-bond acceptors (Lipinski definition) is 7. The lowest BCUT2D eigenvalue weighted by molar-refractivity contribution is 1.07. The van der Waals surface area contributed by atoms with Gasteiger partial charge in [0.15, 0.2) is 17.5 Å². The summed E-state index contributed by atoms with van der Waals surface area (Å²) in [4.78, 5) is 20.0. The van der Waals surface area contributed by atoms with Crippen LogP contribution in [0.3, 0.4) is 0 Å². The van der Waals surface area contributed by atoms with Crippen LogP contribution in [0, 0.1) is 5.41 Å². The summed E-state index contributed by atoms with van der Waals surface area (Å²) in [5.74, 6) is 1.83. The molecule has 0 fully saturated rings. The molecule has 8 aromatic rings. The van der Waals surface area contributed by atoms with E-state index in [1.54, 1.807) is 0 Å². The third-order valence-electron chi connectivity index (χ3n) is 9.25. The lowest BCUT2D eigenvalue weighted by Crippen LogP contribution is -2.20. The fourth-order valence-corrected chi connectivity index (χ4v) is 6.62. The number of allylic oxidation sites excluding steroid dienone is 1. The summed E-state index contributed by atoms with van der Waals surface area (Å²) < 4.78 is 0. The van der Waals surface area contributed by atoms with Crippen molar-refractivity contribution >= 4 is 34.1 Å². The molecule has 0 radical (unpaired) electrons. The Bertz CT molecular complexity index is 2620. The standard InChI is InChI=1S/C46H31N7/c47-41-39(53-52-35-20-11-4-12-21-35)29-28-38-40(41)37-23-13-22-36(43(37)48-42(38)31-14-5-1-6-15-31)30-24-26-34(27-25-30)46-50-44(32-16-7-2-8-17-32)49-45(51-46)33-18-9-3-10-19-33/h1-29,47,52H/b47-41?,53-39-. The van der Waals surface area contributed by atoms with Gasteiger partial charge in [-0.1, -0.05) is 152 Å². The monoisotopic (exact) mass is 681 g/mol. The van der Waals surface area contributed by atoms with Crippen LogP contribution in [-0.4, -0.2) is 31.4 Å². The molecule has 1 aliphatic rings. The summed E-state index contributed by atoms with van der Waals surface area (Å²) in [6, 6.07) is 54.3. The SMILES string of the molecule is N=C1/C(=N\Nc2ccccc2)C=Cc2c(-c3ccccc3)nc3c(-c4ccc(-c5nc(-c6ccccc6)nc(-c6ccccc6)n5)cc4)cccc3c21. The minimum atomic E-state index is 0.335. The number of aromatic nitrogens is 4. The lowest BCUT2D eigenvalue weighted by Gasteiger charge is -2.21. The summed E-state index contributed by atoms with van der Waals surface area (Å²) in [7, 11) is 0. The van der Waals surface area contributed by atoms with Crippen LogP contribution in [-0.2, 0) is 0 Å². The predicted molar refractivity (Wildman–Crippen MR) is 216 cm³/mol. The van der Waals surface area contributed by atoms with Crippen molar-refractivity contribution in [2.45, 2.75) is 0 Å². The van der Waals surface area contributed by atoms with Crippen molar-refractivity contribution in [2.24, 2.45) is 5.10 Å². The average Bonchev–Trinajstić information content (AvgIpc) is 3.24. The largest absolute Gasteiger partial charge is 0.298 e. The molecule has 0 aliphatic heterocycles. The molecule has 9 rings (SSSR count). The van der Waals surface area contributed by atoms with Crippen molar-refractivity contribution < 1.29 is 0 Å². The van der Waals surface area contributed by atoms with Crippen LogP contribution in [0.2, 0.25) is 0 Å². The maximum Gasteiger partial charge on any atom is 0.164 e. The summed E-state index contributed by atoms with van der Waals surface area (Å²) in [6.45, 7) is 0. The van der Waals surface area contributed by atoms with Crippen LogP contribution in [0.1, 0.15) is 11.1 Å². The molecular formula is C46H31N7. The van der Waals surface area contributed by atoms with Crippen molar-refractivity contribution in [3.05, 3.63) is 181 Å². The molecule has 250 valence electrons. The molecule has 2 N–H and O–H groups in total. The first-order valence-electron chi connectivity index (χ1n) is 17.4. The number of hydrazone groups is 1. The van der Waals surface area contributed by atoms with Crippen molar-refractivity contribution in [2.75, 3.05) is 5.43 Å². The Morgan fingerprint density at radius 2 is 0.962 bits per heavy atom. The highest BCUT2D eigenvalue weighted by Gasteiger charge is 2.25. The average molecular weight is 682 g/mol. The summed E-state index contributed by atoms with van der Waals surface area (Å²) >= 11 is 0. The van der Waals surface area contributed by atoms with E-state index in [-0.39, 0.29) is 0 Å². The second-order valence-electron chi connectivity index (χ2n) is 12.6. The smallest absolute Gasteiger partial charge is 0.164 e. The Kier molecular flexibility index (Phi) is 8.19. The minimum Gasteiger partial charge on any atom is -0.298 e. The Hall–Kier alpha value is -7.38. The first-order valence-corrected chi connectivity index (χ1v) is 17.4. The van der Waals surface area contributed by atoms with Crippen LogP contribution in [0.5, 0.6) is 0 Å². The van der Waals surface area contributed by atoms with Gasteiger partial charge in [-0.15, -0.1) is 0 Å². The van der Waals surface area contributed by atoms with Gasteiger partial charge in [0, 0.05) is 44.3 Å². The summed E-state index contributed by atoms with van der Waals surface area (Å²) in [5.41, 5.74) is 13.8. The normalized spacial score (nSPS) is 12.9. The quantitative estimate of drug-likeness (QED) is 0.163. The van der Waals surface area contributed by atoms with Gasteiger partial charge in [-0.05, 0) is 29.8 Å². The molecule has 53 heavy (non-hydrogen) atoms. The third kappa shape index (κ3) is 6.17. The molecule has 2 aromatic heterocycles. The lowest BCUT2D eigenvalue weighted by atomic mass is 9.87. The van der Waals surface area contributed by atoms with Gasteiger partial charge in [0.05, 0.1) is 22.6 Å². The molecular weight excluding hydrogens is 651 g/mol. The predicted octanol–water partition coefficient (Wildman–Crippen LogP) is 10.6. The van der Waals surface area contributed by atoms with Crippen LogP contribution in [0.4, 0.5) is 5.69 Å².